The topological polar surface area (TPSA) is 72.5 Å². The number of para-hydroxylation sites is 1. The number of ether oxygens (including phenoxy) is 1. The second kappa shape index (κ2) is 8.67. The summed E-state index contributed by atoms with van der Waals surface area (Å²) in [4.78, 5) is 12.3. The molecule has 0 unspecified atom stereocenters. The van der Waals surface area contributed by atoms with E-state index in [0.717, 1.165) is 11.3 Å². The van der Waals surface area contributed by atoms with Crippen LogP contribution < -0.4 is 10.1 Å². The summed E-state index contributed by atoms with van der Waals surface area (Å²) in [5.41, 5.74) is 0.862. The molecule has 1 amide bonds. The van der Waals surface area contributed by atoms with Crippen molar-refractivity contribution in [3.8, 4) is 5.75 Å². The first kappa shape index (κ1) is 19.0. The van der Waals surface area contributed by atoms with E-state index in [2.05, 4.69) is 5.32 Å². The Morgan fingerprint density at radius 2 is 1.72 bits per heavy atom. The molecule has 0 radical (unpaired) electrons. The number of sulfone groups is 1. The fourth-order valence-electron chi connectivity index (χ4n) is 2.34. The van der Waals surface area contributed by atoms with Crippen LogP contribution in [-0.4, -0.2) is 27.2 Å². The van der Waals surface area contributed by atoms with Crippen molar-refractivity contribution in [3.05, 3.63) is 60.2 Å². The van der Waals surface area contributed by atoms with E-state index in [1.54, 1.807) is 24.3 Å². The maximum Gasteiger partial charge on any atom is 0.220 e. The van der Waals surface area contributed by atoms with Crippen LogP contribution in [0.3, 0.4) is 0 Å². The molecule has 0 aromatic heterocycles. The van der Waals surface area contributed by atoms with Gasteiger partial charge in [0, 0.05) is 12.7 Å². The SMILES string of the molecule is C[C@@H](NC(=O)CCCOc1ccccc1)c1ccc(S(C)(=O)=O)cc1. The second-order valence-electron chi connectivity index (χ2n) is 5.90. The molecule has 0 heterocycles. The van der Waals surface area contributed by atoms with Gasteiger partial charge < -0.3 is 10.1 Å². The zero-order valence-corrected chi connectivity index (χ0v) is 15.3. The van der Waals surface area contributed by atoms with E-state index < -0.39 is 9.84 Å². The van der Waals surface area contributed by atoms with E-state index in [9.17, 15) is 13.2 Å². The van der Waals surface area contributed by atoms with E-state index >= 15 is 0 Å². The molecular weight excluding hydrogens is 338 g/mol. The van der Waals surface area contributed by atoms with Gasteiger partial charge in [0.15, 0.2) is 9.84 Å². The maximum absolute atomic E-state index is 12.0. The lowest BCUT2D eigenvalue weighted by Gasteiger charge is -2.15. The molecule has 0 bridgehead atoms. The molecular formula is C19H23NO4S. The average molecular weight is 361 g/mol. The van der Waals surface area contributed by atoms with Crippen LogP contribution in [0, 0.1) is 0 Å². The van der Waals surface area contributed by atoms with Gasteiger partial charge in [0.25, 0.3) is 0 Å². The standard InChI is InChI=1S/C19H23NO4S/c1-15(16-10-12-18(13-11-16)25(2,22)23)20-19(21)9-6-14-24-17-7-4-3-5-8-17/h3-5,7-8,10-13,15H,6,9,14H2,1-2H3,(H,20,21)/t15-/m1/s1. The number of carbonyl (C=O) groups is 1. The van der Waals surface area contributed by atoms with Crippen LogP contribution in [0.2, 0.25) is 0 Å². The number of hydrogen-bond acceptors (Lipinski definition) is 4. The van der Waals surface area contributed by atoms with Crippen molar-refractivity contribution >= 4 is 15.7 Å². The van der Waals surface area contributed by atoms with Crippen molar-refractivity contribution in [2.45, 2.75) is 30.7 Å². The molecule has 0 aliphatic heterocycles. The third-order valence-corrected chi connectivity index (χ3v) is 4.87. The molecule has 5 nitrogen and oxygen atoms in total. The minimum Gasteiger partial charge on any atom is -0.494 e. The number of nitrogens with one attached hydrogen (secondary N) is 1. The molecule has 0 aliphatic rings. The van der Waals surface area contributed by atoms with Gasteiger partial charge in [0.1, 0.15) is 5.75 Å². The van der Waals surface area contributed by atoms with Crippen LogP contribution in [0.25, 0.3) is 0 Å². The van der Waals surface area contributed by atoms with Crippen LogP contribution in [0.5, 0.6) is 5.75 Å². The Bertz CT molecular complexity index is 786. The predicted molar refractivity (Wildman–Crippen MR) is 97.3 cm³/mol. The highest BCUT2D eigenvalue weighted by Crippen LogP contribution is 2.16. The predicted octanol–water partition coefficient (Wildman–Crippen LogP) is 3.13. The van der Waals surface area contributed by atoms with E-state index in [-0.39, 0.29) is 16.8 Å². The summed E-state index contributed by atoms with van der Waals surface area (Å²) in [6.45, 7) is 2.35. The summed E-state index contributed by atoms with van der Waals surface area (Å²) in [5.74, 6) is 0.735. The molecule has 6 heteroatoms. The molecule has 25 heavy (non-hydrogen) atoms. The van der Waals surface area contributed by atoms with Crippen molar-refractivity contribution in [2.24, 2.45) is 0 Å². The molecule has 2 rings (SSSR count). The van der Waals surface area contributed by atoms with E-state index in [1.165, 1.54) is 6.26 Å². The van der Waals surface area contributed by atoms with Gasteiger partial charge in [0.05, 0.1) is 17.5 Å². The van der Waals surface area contributed by atoms with Crippen LogP contribution in [-0.2, 0) is 14.6 Å². The summed E-state index contributed by atoms with van der Waals surface area (Å²) in [7, 11) is -3.21. The smallest absolute Gasteiger partial charge is 0.220 e. The molecule has 1 atom stereocenters. The Labute approximate surface area is 148 Å². The number of amides is 1. The fraction of sp³-hybridized carbons (Fsp3) is 0.316. The number of rotatable bonds is 8. The lowest BCUT2D eigenvalue weighted by molar-refractivity contribution is -0.121. The molecule has 134 valence electrons. The Kier molecular flexibility index (Phi) is 6.58. The van der Waals surface area contributed by atoms with Gasteiger partial charge in [-0.05, 0) is 43.2 Å². The summed E-state index contributed by atoms with van der Waals surface area (Å²) < 4.78 is 28.5. The van der Waals surface area contributed by atoms with Gasteiger partial charge >= 0.3 is 0 Å². The van der Waals surface area contributed by atoms with Crippen molar-refractivity contribution in [1.29, 1.82) is 0 Å². The van der Waals surface area contributed by atoms with Gasteiger partial charge in [-0.25, -0.2) is 8.42 Å². The van der Waals surface area contributed by atoms with E-state index in [0.29, 0.717) is 19.4 Å². The quantitative estimate of drug-likeness (QED) is 0.733. The number of carbonyl (C=O) groups excluding carboxylic acids is 1. The largest absolute Gasteiger partial charge is 0.494 e. The summed E-state index contributed by atoms with van der Waals surface area (Å²) in [6.07, 6.45) is 2.17. The van der Waals surface area contributed by atoms with Crippen molar-refractivity contribution in [1.82, 2.24) is 5.32 Å². The minimum absolute atomic E-state index is 0.0589. The molecule has 1 N–H and O–H groups in total. The van der Waals surface area contributed by atoms with Crippen LogP contribution >= 0.6 is 0 Å². The highest BCUT2D eigenvalue weighted by molar-refractivity contribution is 7.90. The minimum atomic E-state index is -3.21. The van der Waals surface area contributed by atoms with E-state index in [1.807, 2.05) is 37.3 Å². The Morgan fingerprint density at radius 3 is 2.32 bits per heavy atom. The first-order valence-electron chi connectivity index (χ1n) is 8.13. The first-order valence-corrected chi connectivity index (χ1v) is 10.0. The second-order valence-corrected chi connectivity index (χ2v) is 7.91. The molecule has 0 aliphatic carbocycles. The van der Waals surface area contributed by atoms with Gasteiger partial charge in [-0.15, -0.1) is 0 Å². The molecule has 0 saturated heterocycles. The molecule has 0 saturated carbocycles. The number of hydrogen-bond donors (Lipinski definition) is 1. The van der Waals surface area contributed by atoms with Gasteiger partial charge in [0.2, 0.25) is 5.91 Å². The first-order chi connectivity index (χ1) is 11.9. The number of benzene rings is 2. The fourth-order valence-corrected chi connectivity index (χ4v) is 2.97. The lowest BCUT2D eigenvalue weighted by Crippen LogP contribution is -2.26. The van der Waals surface area contributed by atoms with Crippen molar-refractivity contribution < 1.29 is 17.9 Å². The Morgan fingerprint density at radius 1 is 1.08 bits per heavy atom. The van der Waals surface area contributed by atoms with Crippen molar-refractivity contribution in [3.63, 3.8) is 0 Å². The van der Waals surface area contributed by atoms with Gasteiger partial charge in [-0.1, -0.05) is 30.3 Å². The Balaban J connectivity index is 1.76. The van der Waals surface area contributed by atoms with Crippen LogP contribution in [0.4, 0.5) is 0 Å². The third-order valence-electron chi connectivity index (χ3n) is 3.75. The zero-order chi connectivity index (χ0) is 18.3. The summed E-state index contributed by atoms with van der Waals surface area (Å²) >= 11 is 0. The molecule has 2 aromatic carbocycles. The third kappa shape index (κ3) is 6.23. The van der Waals surface area contributed by atoms with E-state index in [4.69, 9.17) is 4.74 Å². The highest BCUT2D eigenvalue weighted by Gasteiger charge is 2.11. The van der Waals surface area contributed by atoms with Crippen LogP contribution in [0.1, 0.15) is 31.4 Å². The lowest BCUT2D eigenvalue weighted by atomic mass is 10.1. The maximum atomic E-state index is 12.0. The van der Waals surface area contributed by atoms with Gasteiger partial charge in [-0.2, -0.15) is 0 Å². The summed E-state index contributed by atoms with van der Waals surface area (Å²) in [6, 6.07) is 15.9. The Hall–Kier alpha value is -2.34. The zero-order valence-electron chi connectivity index (χ0n) is 14.4. The van der Waals surface area contributed by atoms with Crippen LogP contribution in [0.15, 0.2) is 59.5 Å². The highest BCUT2D eigenvalue weighted by atomic mass is 32.2. The van der Waals surface area contributed by atoms with Crippen molar-refractivity contribution in [2.75, 3.05) is 12.9 Å². The summed E-state index contributed by atoms with van der Waals surface area (Å²) in [5, 5.41) is 2.91. The molecule has 2 aromatic rings. The van der Waals surface area contributed by atoms with Gasteiger partial charge in [-0.3, -0.25) is 4.79 Å². The monoisotopic (exact) mass is 361 g/mol. The normalized spacial score (nSPS) is 12.4. The average Bonchev–Trinajstić information content (AvgIpc) is 2.59. The molecule has 0 fully saturated rings. The molecule has 0 spiro atoms.